The zero-order chi connectivity index (χ0) is 13.7. The fourth-order valence-corrected chi connectivity index (χ4v) is 2.67. The van der Waals surface area contributed by atoms with Gasteiger partial charge in [-0.25, -0.2) is 9.97 Å². The van der Waals surface area contributed by atoms with Crippen molar-refractivity contribution in [3.8, 4) is 11.1 Å². The van der Waals surface area contributed by atoms with Crippen molar-refractivity contribution in [1.29, 1.82) is 0 Å². The van der Waals surface area contributed by atoms with Crippen LogP contribution in [0.3, 0.4) is 0 Å². The second kappa shape index (κ2) is 3.93. The maximum Gasteiger partial charge on any atom is 0.182 e. The summed E-state index contributed by atoms with van der Waals surface area (Å²) >= 11 is 0. The van der Waals surface area contributed by atoms with Crippen LogP contribution in [0.25, 0.3) is 33.3 Å². The molecule has 0 spiro atoms. The lowest BCUT2D eigenvalue weighted by molar-refractivity contribution is 0.601. The van der Waals surface area contributed by atoms with Crippen molar-refractivity contribution in [1.82, 2.24) is 9.97 Å². The number of rotatable bonds is 1. The van der Waals surface area contributed by atoms with E-state index in [1.54, 1.807) is 0 Å². The monoisotopic (exact) mass is 264 g/mol. The molecule has 4 nitrogen and oxygen atoms in total. The Kier molecular flexibility index (Phi) is 2.21. The molecule has 0 aliphatic rings. The number of benzene rings is 2. The highest BCUT2D eigenvalue weighted by Gasteiger charge is 2.16. The van der Waals surface area contributed by atoms with Crippen LogP contribution in [0.15, 0.2) is 45.9 Å². The van der Waals surface area contributed by atoms with Gasteiger partial charge >= 0.3 is 0 Å². The van der Waals surface area contributed by atoms with Gasteiger partial charge in [0, 0.05) is 11.1 Å². The van der Waals surface area contributed by atoms with Crippen LogP contribution >= 0.6 is 0 Å². The van der Waals surface area contributed by atoms with E-state index in [-0.39, 0.29) is 0 Å². The van der Waals surface area contributed by atoms with Gasteiger partial charge in [-0.15, -0.1) is 0 Å². The zero-order valence-corrected chi connectivity index (χ0v) is 11.2. The first-order valence-corrected chi connectivity index (χ1v) is 6.41. The Morgan fingerprint density at radius 2 is 1.60 bits per heavy atom. The van der Waals surface area contributed by atoms with E-state index in [4.69, 9.17) is 8.83 Å². The Morgan fingerprint density at radius 1 is 0.850 bits per heavy atom. The summed E-state index contributed by atoms with van der Waals surface area (Å²) in [6.45, 7) is 4.11. The molecule has 20 heavy (non-hydrogen) atoms. The molecule has 0 aliphatic heterocycles. The molecule has 0 fully saturated rings. The van der Waals surface area contributed by atoms with Gasteiger partial charge < -0.3 is 8.83 Å². The van der Waals surface area contributed by atoms with Crippen molar-refractivity contribution in [2.45, 2.75) is 13.8 Å². The van der Waals surface area contributed by atoms with Gasteiger partial charge in [0.05, 0.1) is 0 Å². The Labute approximate surface area is 115 Å². The average Bonchev–Trinajstić information content (AvgIpc) is 3.05. The van der Waals surface area contributed by atoms with Crippen LogP contribution in [0.5, 0.6) is 0 Å². The number of hydrogen-bond donors (Lipinski definition) is 0. The van der Waals surface area contributed by atoms with E-state index in [1.165, 1.54) is 12.8 Å². The molecular weight excluding hydrogens is 252 g/mol. The van der Waals surface area contributed by atoms with E-state index < -0.39 is 0 Å². The molecule has 4 rings (SSSR count). The number of aryl methyl sites for hydroxylation is 2. The van der Waals surface area contributed by atoms with Gasteiger partial charge in [0.15, 0.2) is 24.0 Å². The van der Waals surface area contributed by atoms with E-state index >= 15 is 0 Å². The predicted molar refractivity (Wildman–Crippen MR) is 76.5 cm³/mol. The van der Waals surface area contributed by atoms with Gasteiger partial charge in [-0.05, 0) is 43.2 Å². The molecule has 0 amide bonds. The molecule has 2 heterocycles. The fraction of sp³-hybridized carbons (Fsp3) is 0.125. The van der Waals surface area contributed by atoms with E-state index in [2.05, 4.69) is 23.0 Å². The molecule has 0 unspecified atom stereocenters. The SMILES string of the molecule is Cc1cc(-c2c(C)ccc3ocnc23)c2ncoc2c1. The van der Waals surface area contributed by atoms with Crippen molar-refractivity contribution >= 4 is 22.2 Å². The van der Waals surface area contributed by atoms with E-state index in [1.807, 2.05) is 25.1 Å². The van der Waals surface area contributed by atoms with E-state index in [0.29, 0.717) is 0 Å². The van der Waals surface area contributed by atoms with Crippen LogP contribution in [0.2, 0.25) is 0 Å². The molecule has 2 aromatic heterocycles. The maximum atomic E-state index is 5.44. The first-order valence-electron chi connectivity index (χ1n) is 6.41. The molecule has 98 valence electrons. The van der Waals surface area contributed by atoms with Gasteiger partial charge in [0.1, 0.15) is 11.0 Å². The quantitative estimate of drug-likeness (QED) is 0.515. The number of hydrogen-bond acceptors (Lipinski definition) is 4. The minimum Gasteiger partial charge on any atom is -0.443 e. The topological polar surface area (TPSA) is 52.1 Å². The highest BCUT2D eigenvalue weighted by Crippen LogP contribution is 2.35. The standard InChI is InChI=1S/C16H12N2O2/c1-9-5-11(15-13(6-9)20-7-17-15)14-10(2)3-4-12-16(14)18-8-19-12/h3-8H,1-2H3. The minimum absolute atomic E-state index is 0.781. The lowest BCUT2D eigenvalue weighted by Gasteiger charge is -2.08. The third-order valence-electron chi connectivity index (χ3n) is 3.56. The van der Waals surface area contributed by atoms with Gasteiger partial charge in [0.25, 0.3) is 0 Å². The number of oxazole rings is 2. The van der Waals surface area contributed by atoms with Crippen LogP contribution in [0.4, 0.5) is 0 Å². The van der Waals surface area contributed by atoms with Gasteiger partial charge in [-0.3, -0.25) is 0 Å². The molecule has 0 saturated heterocycles. The molecule has 0 saturated carbocycles. The summed E-state index contributed by atoms with van der Waals surface area (Å²) in [5.41, 5.74) is 7.65. The molecule has 0 N–H and O–H groups in total. The Bertz CT molecular complexity index is 934. The summed E-state index contributed by atoms with van der Waals surface area (Å²) in [5.74, 6) is 0. The van der Waals surface area contributed by atoms with E-state index in [9.17, 15) is 0 Å². The van der Waals surface area contributed by atoms with Crippen LogP contribution in [0, 0.1) is 13.8 Å². The van der Waals surface area contributed by atoms with E-state index in [0.717, 1.165) is 44.5 Å². The molecule has 0 aliphatic carbocycles. The first-order chi connectivity index (χ1) is 9.74. The minimum atomic E-state index is 0.781. The normalized spacial score (nSPS) is 11.5. The number of nitrogens with zero attached hydrogens (tertiary/aromatic N) is 2. The summed E-state index contributed by atoms with van der Waals surface area (Å²) < 4.78 is 10.8. The largest absolute Gasteiger partial charge is 0.443 e. The van der Waals surface area contributed by atoms with Crippen molar-refractivity contribution in [2.24, 2.45) is 0 Å². The van der Waals surface area contributed by atoms with Gasteiger partial charge in [-0.2, -0.15) is 0 Å². The second-order valence-electron chi connectivity index (χ2n) is 4.97. The van der Waals surface area contributed by atoms with Crippen molar-refractivity contribution < 1.29 is 8.83 Å². The van der Waals surface area contributed by atoms with Crippen molar-refractivity contribution in [2.75, 3.05) is 0 Å². The zero-order valence-electron chi connectivity index (χ0n) is 11.2. The highest BCUT2D eigenvalue weighted by atomic mass is 16.3. The molecule has 0 radical (unpaired) electrons. The molecule has 4 aromatic rings. The molecule has 2 aromatic carbocycles. The van der Waals surface area contributed by atoms with Crippen LogP contribution in [0.1, 0.15) is 11.1 Å². The Balaban J connectivity index is 2.18. The highest BCUT2D eigenvalue weighted by molar-refractivity contribution is 6.01. The Hall–Kier alpha value is -2.62. The maximum absolute atomic E-state index is 5.44. The number of aromatic nitrogens is 2. The first kappa shape index (κ1) is 11.2. The summed E-state index contributed by atoms with van der Waals surface area (Å²) in [7, 11) is 0. The summed E-state index contributed by atoms with van der Waals surface area (Å²) in [5, 5.41) is 0. The second-order valence-corrected chi connectivity index (χ2v) is 4.97. The average molecular weight is 264 g/mol. The van der Waals surface area contributed by atoms with Crippen molar-refractivity contribution in [3.05, 3.63) is 48.2 Å². The third-order valence-corrected chi connectivity index (χ3v) is 3.56. The molecular formula is C16H12N2O2. The number of fused-ring (bicyclic) bond motifs is 2. The van der Waals surface area contributed by atoms with Gasteiger partial charge in [-0.1, -0.05) is 6.07 Å². The lowest BCUT2D eigenvalue weighted by Crippen LogP contribution is -1.88. The molecule has 0 atom stereocenters. The van der Waals surface area contributed by atoms with Crippen LogP contribution < -0.4 is 0 Å². The third kappa shape index (κ3) is 1.48. The smallest absolute Gasteiger partial charge is 0.182 e. The Morgan fingerprint density at radius 3 is 2.45 bits per heavy atom. The fourth-order valence-electron chi connectivity index (χ4n) is 2.67. The van der Waals surface area contributed by atoms with Crippen LogP contribution in [-0.2, 0) is 0 Å². The molecule has 0 bridgehead atoms. The summed E-state index contributed by atoms with van der Waals surface area (Å²) in [6, 6.07) is 8.08. The summed E-state index contributed by atoms with van der Waals surface area (Å²) in [6.07, 6.45) is 2.95. The van der Waals surface area contributed by atoms with Crippen LogP contribution in [-0.4, -0.2) is 9.97 Å². The lowest BCUT2D eigenvalue weighted by atomic mass is 9.96. The molecule has 4 heteroatoms. The predicted octanol–water partition coefficient (Wildman–Crippen LogP) is 4.25. The van der Waals surface area contributed by atoms with Gasteiger partial charge in [0.2, 0.25) is 0 Å². The summed E-state index contributed by atoms with van der Waals surface area (Å²) in [4.78, 5) is 8.70. The van der Waals surface area contributed by atoms with Crippen molar-refractivity contribution in [3.63, 3.8) is 0 Å².